The third kappa shape index (κ3) is 6.97. The Labute approximate surface area is 263 Å². The van der Waals surface area contributed by atoms with Gasteiger partial charge in [0.2, 0.25) is 11.4 Å². The molecule has 4 aromatic rings. The molecule has 2 aliphatic carbocycles. The van der Waals surface area contributed by atoms with Crippen molar-refractivity contribution in [1.29, 1.82) is 0 Å². The predicted octanol–water partition coefficient (Wildman–Crippen LogP) is 0.710. The molecule has 0 aliphatic heterocycles. The van der Waals surface area contributed by atoms with Crippen LogP contribution in [0.4, 0.5) is 0 Å². The van der Waals surface area contributed by atoms with Crippen molar-refractivity contribution in [2.75, 3.05) is 0 Å². The molecule has 6 rings (SSSR count). The summed E-state index contributed by atoms with van der Waals surface area (Å²) in [6.07, 6.45) is 4.83. The summed E-state index contributed by atoms with van der Waals surface area (Å²) in [5, 5.41) is 0. The smallest absolute Gasteiger partial charge is 0.282 e. The van der Waals surface area contributed by atoms with Gasteiger partial charge in [0.25, 0.3) is 20.2 Å². The Balaban J connectivity index is 0.000000743. The van der Waals surface area contributed by atoms with Crippen LogP contribution in [-0.2, 0) is 52.5 Å². The highest BCUT2D eigenvalue weighted by Gasteiger charge is 2.38. The number of aryl methyl sites for hydroxylation is 2. The number of hydrogen-bond acceptors (Lipinski definition) is 8. The van der Waals surface area contributed by atoms with Crippen LogP contribution < -0.4 is 23.2 Å². The van der Waals surface area contributed by atoms with Crippen molar-refractivity contribution in [3.05, 3.63) is 89.0 Å². The fourth-order valence-corrected chi connectivity index (χ4v) is 7.67. The maximum Gasteiger partial charge on any atom is 0.295 e. The topological polar surface area (TPSA) is 205 Å². The molecule has 0 atom stereocenters. The van der Waals surface area contributed by atoms with E-state index in [0.717, 1.165) is 77.5 Å². The monoisotopic (exact) mass is 675 g/mol. The Kier molecular flexibility index (Phi) is 9.21. The van der Waals surface area contributed by atoms with Crippen molar-refractivity contribution in [3.8, 4) is 33.6 Å². The number of rotatable bonds is 6. The van der Waals surface area contributed by atoms with Crippen molar-refractivity contribution in [2.45, 2.75) is 61.8 Å². The Hall–Kier alpha value is -3.24. The summed E-state index contributed by atoms with van der Waals surface area (Å²) in [4.78, 5) is -1.12. The Bertz CT molecular complexity index is 1920. The molecule has 238 valence electrons. The first-order valence-electron chi connectivity index (χ1n) is 14.1. The highest BCUT2D eigenvalue weighted by Crippen LogP contribution is 2.46. The van der Waals surface area contributed by atoms with E-state index in [1.54, 1.807) is 0 Å². The molecule has 0 saturated heterocycles. The summed E-state index contributed by atoms with van der Waals surface area (Å²) in [7, 11) is -14.5. The van der Waals surface area contributed by atoms with Gasteiger partial charge in [-0.25, -0.2) is 18.6 Å². The molecule has 0 unspecified atom stereocenters. The van der Waals surface area contributed by atoms with Crippen LogP contribution >= 0.6 is 0 Å². The average molecular weight is 676 g/mol. The number of nitrogens with zero attached hydrogens (tertiary/aromatic N) is 1. The average Bonchev–Trinajstić information content (AvgIpc) is 2.97. The maximum absolute atomic E-state index is 12.7. The van der Waals surface area contributed by atoms with Gasteiger partial charge in [-0.3, -0.25) is 9.11 Å². The van der Waals surface area contributed by atoms with Gasteiger partial charge in [0.1, 0.15) is 11.4 Å². The van der Waals surface area contributed by atoms with Crippen molar-refractivity contribution >= 4 is 20.2 Å². The molecule has 0 saturated carbocycles. The number of aromatic nitrogens is 1. The van der Waals surface area contributed by atoms with Crippen molar-refractivity contribution in [1.82, 2.24) is 0 Å². The molecule has 0 amide bonds. The zero-order valence-electron chi connectivity index (χ0n) is 24.1. The van der Waals surface area contributed by atoms with E-state index in [1.807, 2.05) is 24.3 Å². The molecule has 14 heteroatoms. The first kappa shape index (κ1) is 33.1. The van der Waals surface area contributed by atoms with Gasteiger partial charge in [0.15, 0.2) is 0 Å². The summed E-state index contributed by atoms with van der Waals surface area (Å²) < 4.78 is 106. The summed E-state index contributed by atoms with van der Waals surface area (Å²) >= 11 is 0. The molecule has 45 heavy (non-hydrogen) atoms. The van der Waals surface area contributed by atoms with E-state index in [-0.39, 0.29) is 5.56 Å². The number of pyridine rings is 1. The number of halogens is 1. The number of benzene rings is 3. The largest absolute Gasteiger partial charge is 0.295 e. The van der Waals surface area contributed by atoms with Crippen molar-refractivity contribution in [2.24, 2.45) is 0 Å². The summed E-state index contributed by atoms with van der Waals surface area (Å²) in [6.45, 7) is 2.95. The van der Waals surface area contributed by atoms with Gasteiger partial charge in [-0.2, -0.15) is 21.4 Å². The van der Waals surface area contributed by atoms with Crippen LogP contribution in [0, 0.1) is 10.2 Å². The van der Waals surface area contributed by atoms with Gasteiger partial charge in [-0.05, 0) is 61.1 Å². The van der Waals surface area contributed by atoms with E-state index in [1.165, 1.54) is 23.3 Å². The zero-order valence-corrected chi connectivity index (χ0v) is 26.5. The molecule has 0 radical (unpaired) electrons. The van der Waals surface area contributed by atoms with Crippen LogP contribution in [0.5, 0.6) is 0 Å². The van der Waals surface area contributed by atoms with Crippen LogP contribution in [0.1, 0.15) is 42.0 Å². The fraction of sp³-hybridized carbons (Fsp3) is 0.258. The zero-order chi connectivity index (χ0) is 32.7. The van der Waals surface area contributed by atoms with Gasteiger partial charge >= 0.3 is 0 Å². The van der Waals surface area contributed by atoms with E-state index >= 15 is 0 Å². The van der Waals surface area contributed by atoms with E-state index in [9.17, 15) is 25.9 Å². The molecule has 2 aliphatic rings. The molecule has 0 bridgehead atoms. The van der Waals surface area contributed by atoms with Gasteiger partial charge in [0.05, 0.1) is 4.90 Å². The van der Waals surface area contributed by atoms with Gasteiger partial charge < -0.3 is 0 Å². The quantitative estimate of drug-likeness (QED) is 0.216. The molecule has 1 aromatic heterocycles. The van der Waals surface area contributed by atoms with Gasteiger partial charge in [0, 0.05) is 39.8 Å². The summed E-state index contributed by atoms with van der Waals surface area (Å²) in [5.74, 6) is 0. The third-order valence-electron chi connectivity index (χ3n) is 8.08. The first-order valence-corrected chi connectivity index (χ1v) is 18.2. The first-order chi connectivity index (χ1) is 21.1. The van der Waals surface area contributed by atoms with Crippen LogP contribution in [0.15, 0.2) is 76.5 Å². The Morgan fingerprint density at radius 2 is 1.20 bits per heavy atom. The van der Waals surface area contributed by atoms with Crippen LogP contribution in [0.25, 0.3) is 33.6 Å². The summed E-state index contributed by atoms with van der Waals surface area (Å²) in [6, 6.07) is 20.0. The van der Waals surface area contributed by atoms with Crippen LogP contribution in [-0.4, -0.2) is 25.9 Å². The SMILES string of the molecule is CCCC[n+]1c2c(c(-c3ccc(S(=O)(=O)O)cc3S(=O)(=O)O)c3c1-c1ccccc1CC3)CCc1ccccc1-2.[O-][Cl+3]([O-])([O-])[O-]. The molecule has 1 heterocycles. The van der Waals surface area contributed by atoms with Crippen LogP contribution in [0.2, 0.25) is 0 Å². The predicted molar refractivity (Wildman–Crippen MR) is 152 cm³/mol. The molecule has 0 spiro atoms. The molecular formula is C31H30ClNO10S2. The maximum atomic E-state index is 12.7. The second-order valence-corrected chi connectivity index (χ2v) is 14.4. The second-order valence-electron chi connectivity index (χ2n) is 10.8. The highest BCUT2D eigenvalue weighted by atomic mass is 35.7. The lowest BCUT2D eigenvalue weighted by Gasteiger charge is -2.29. The number of unbranched alkanes of at least 4 members (excludes halogenated alkanes) is 1. The van der Waals surface area contributed by atoms with Gasteiger partial charge in [-0.15, -0.1) is 10.2 Å². The molecule has 11 nitrogen and oxygen atoms in total. The third-order valence-corrected chi connectivity index (χ3v) is 9.83. The number of hydrogen-bond donors (Lipinski definition) is 2. The highest BCUT2D eigenvalue weighted by molar-refractivity contribution is 7.86. The Morgan fingerprint density at radius 1 is 0.711 bits per heavy atom. The minimum absolute atomic E-state index is 0.240. The van der Waals surface area contributed by atoms with Crippen molar-refractivity contribution < 1.29 is 59.4 Å². The fourth-order valence-electron chi connectivity index (χ4n) is 6.37. The Morgan fingerprint density at radius 3 is 1.64 bits per heavy atom. The normalized spacial score (nSPS) is 13.9. The molecule has 0 fully saturated rings. The molecule has 3 aromatic carbocycles. The number of fused-ring (bicyclic) bond motifs is 6. The second kappa shape index (κ2) is 12.5. The van der Waals surface area contributed by atoms with Crippen molar-refractivity contribution in [3.63, 3.8) is 0 Å². The van der Waals surface area contributed by atoms with E-state index in [2.05, 4.69) is 35.8 Å². The van der Waals surface area contributed by atoms with E-state index < -0.39 is 40.3 Å². The lowest BCUT2D eigenvalue weighted by Crippen LogP contribution is -2.68. The minimum atomic E-state index is -4.94. The molecular weight excluding hydrogens is 646 g/mol. The minimum Gasteiger partial charge on any atom is -0.282 e. The standard InChI is InChI=1S/C31H29NO6S2.ClHO4/c1-2-3-18-32-30-23-10-6-4-8-20(23)12-15-26(30)29(27-16-13-21-9-5-7-11-24(21)31(27)32)25-17-14-22(39(33,34)35)19-28(25)40(36,37)38;2-1(3,4)5/h4-11,14,17,19H,2-3,12-13,15-16,18H2,1H3,(H-,33,34,35,36,37,38);(H,2,3,4,5). The lowest BCUT2D eigenvalue weighted by molar-refractivity contribution is -2.00. The van der Waals surface area contributed by atoms with E-state index in [0.29, 0.717) is 12.8 Å². The lowest BCUT2D eigenvalue weighted by atomic mass is 9.77. The van der Waals surface area contributed by atoms with E-state index in [4.69, 9.17) is 18.6 Å². The van der Waals surface area contributed by atoms with Crippen LogP contribution in [0.3, 0.4) is 0 Å². The van der Waals surface area contributed by atoms with Gasteiger partial charge in [-0.1, -0.05) is 55.8 Å². The summed E-state index contributed by atoms with van der Waals surface area (Å²) in [5.41, 5.74) is 9.60. The molecule has 2 N–H and O–H groups in total.